The number of rotatable bonds is 4. The molecule has 158 valence electrons. The van der Waals surface area contributed by atoms with Crippen LogP contribution in [0.4, 0.5) is 10.1 Å². The van der Waals surface area contributed by atoms with Crippen molar-refractivity contribution in [3.05, 3.63) is 67.7 Å². The maximum atomic E-state index is 14.3. The summed E-state index contributed by atoms with van der Waals surface area (Å²) < 4.78 is 15.6. The minimum Gasteiger partial charge on any atom is -0.366 e. The Hall–Kier alpha value is -2.49. The molecule has 0 spiro atoms. The molecule has 0 fully saturated rings. The number of aromatic nitrogens is 3. The first-order valence-electron chi connectivity index (χ1n) is 8.65. The molecule has 30 heavy (non-hydrogen) atoms. The zero-order valence-electron chi connectivity index (χ0n) is 16.1. The lowest BCUT2D eigenvalue weighted by atomic mass is 10.1. The first-order valence-corrected chi connectivity index (χ1v) is 10.2. The molecule has 0 aliphatic heterocycles. The number of hydrogen-bond acceptors (Lipinski definition) is 4. The molecule has 7 nitrogen and oxygen atoms in total. The maximum absolute atomic E-state index is 14.3. The van der Waals surface area contributed by atoms with E-state index in [1.54, 1.807) is 13.0 Å². The highest BCUT2D eigenvalue weighted by atomic mass is 79.9. The maximum Gasteiger partial charge on any atom is 0.274 e. The minimum absolute atomic E-state index is 0.0367. The summed E-state index contributed by atoms with van der Waals surface area (Å²) in [6, 6.07) is 5.34. The number of aryl methyl sites for hydroxylation is 1. The van der Waals surface area contributed by atoms with Gasteiger partial charge in [0.15, 0.2) is 11.6 Å². The van der Waals surface area contributed by atoms with E-state index in [1.807, 2.05) is 13.8 Å². The van der Waals surface area contributed by atoms with Crippen LogP contribution in [0.2, 0.25) is 10.0 Å². The highest BCUT2D eigenvalue weighted by molar-refractivity contribution is 9.10. The molecule has 2 aromatic heterocycles. The molecule has 2 heterocycles. The Morgan fingerprint density at radius 1 is 1.17 bits per heavy atom. The van der Waals surface area contributed by atoms with Crippen LogP contribution in [-0.4, -0.2) is 26.6 Å². The SMILES string of the molecule is CC.Cc1cc(Cl)cc(C(N)=O)c1NC(=O)c1cc(Br)nn1-c1ncc(Cl)cc1F. The molecule has 0 saturated heterocycles. The number of benzene rings is 1. The third-order valence-corrected chi connectivity index (χ3v) is 4.52. The van der Waals surface area contributed by atoms with Crippen molar-refractivity contribution in [1.29, 1.82) is 0 Å². The lowest BCUT2D eigenvalue weighted by Gasteiger charge is -2.13. The summed E-state index contributed by atoms with van der Waals surface area (Å²) >= 11 is 14.8. The van der Waals surface area contributed by atoms with Crippen LogP contribution in [0.3, 0.4) is 0 Å². The number of nitrogens with one attached hydrogen (secondary N) is 1. The Kier molecular flexibility index (Phi) is 7.94. The highest BCUT2D eigenvalue weighted by Crippen LogP contribution is 2.27. The van der Waals surface area contributed by atoms with Crippen LogP contribution >= 0.6 is 39.1 Å². The Labute approximate surface area is 190 Å². The topological polar surface area (TPSA) is 103 Å². The molecule has 0 bridgehead atoms. The zero-order chi connectivity index (χ0) is 22.6. The van der Waals surface area contributed by atoms with Gasteiger partial charge in [-0.15, -0.1) is 0 Å². The van der Waals surface area contributed by atoms with Crippen LogP contribution in [0.25, 0.3) is 5.82 Å². The van der Waals surface area contributed by atoms with E-state index in [9.17, 15) is 14.0 Å². The number of hydrogen-bond donors (Lipinski definition) is 2. The molecule has 1 aromatic carbocycles. The van der Waals surface area contributed by atoms with Crippen molar-refractivity contribution in [2.75, 3.05) is 5.32 Å². The second kappa shape index (κ2) is 10.0. The third-order valence-electron chi connectivity index (χ3n) is 3.71. The Morgan fingerprint density at radius 2 is 1.83 bits per heavy atom. The summed E-state index contributed by atoms with van der Waals surface area (Å²) in [5.74, 6) is -2.41. The van der Waals surface area contributed by atoms with E-state index < -0.39 is 17.6 Å². The van der Waals surface area contributed by atoms with Crippen molar-refractivity contribution in [2.45, 2.75) is 20.8 Å². The van der Waals surface area contributed by atoms with Gasteiger partial charge in [0.1, 0.15) is 10.3 Å². The number of primary amides is 1. The van der Waals surface area contributed by atoms with E-state index in [0.29, 0.717) is 10.6 Å². The van der Waals surface area contributed by atoms with E-state index in [4.69, 9.17) is 28.9 Å². The van der Waals surface area contributed by atoms with Crippen LogP contribution in [0.1, 0.15) is 40.3 Å². The van der Waals surface area contributed by atoms with Gasteiger partial charge in [-0.05, 0) is 46.6 Å². The van der Waals surface area contributed by atoms with Gasteiger partial charge in [-0.25, -0.2) is 14.1 Å². The lowest BCUT2D eigenvalue weighted by Crippen LogP contribution is -2.22. The predicted octanol–water partition coefficient (Wildman–Crippen LogP) is 5.16. The summed E-state index contributed by atoms with van der Waals surface area (Å²) in [5.41, 5.74) is 6.10. The van der Waals surface area contributed by atoms with Crippen LogP contribution in [0, 0.1) is 12.7 Å². The fraction of sp³-hybridized carbons (Fsp3) is 0.158. The molecule has 0 saturated carbocycles. The van der Waals surface area contributed by atoms with E-state index in [2.05, 4.69) is 31.3 Å². The second-order valence-corrected chi connectivity index (χ2v) is 7.37. The van der Waals surface area contributed by atoms with Gasteiger partial charge in [0, 0.05) is 17.3 Å². The molecule has 11 heteroatoms. The van der Waals surface area contributed by atoms with Gasteiger partial charge in [-0.2, -0.15) is 5.10 Å². The van der Waals surface area contributed by atoms with Crippen molar-refractivity contribution in [3.63, 3.8) is 0 Å². The zero-order valence-corrected chi connectivity index (χ0v) is 19.2. The molecule has 3 N–H and O–H groups in total. The lowest BCUT2D eigenvalue weighted by molar-refractivity contribution is 0.100. The average Bonchev–Trinajstić information content (AvgIpc) is 3.06. The normalized spacial score (nSPS) is 10.2. The van der Waals surface area contributed by atoms with Gasteiger partial charge in [-0.1, -0.05) is 37.0 Å². The number of carbonyl (C=O) groups excluding carboxylic acids is 2. The van der Waals surface area contributed by atoms with Crippen LogP contribution in [0.5, 0.6) is 0 Å². The molecule has 0 atom stereocenters. The minimum atomic E-state index is -0.766. The summed E-state index contributed by atoms with van der Waals surface area (Å²) in [7, 11) is 0. The molecule has 2 amide bonds. The fourth-order valence-electron chi connectivity index (χ4n) is 2.52. The van der Waals surface area contributed by atoms with E-state index >= 15 is 0 Å². The quantitative estimate of drug-likeness (QED) is 0.499. The molecular formula is C19H17BrCl2FN5O2. The fourth-order valence-corrected chi connectivity index (χ4v) is 3.31. The Morgan fingerprint density at radius 3 is 2.43 bits per heavy atom. The largest absolute Gasteiger partial charge is 0.366 e. The standard InChI is InChI=1S/C17H11BrCl2FN5O2.C2H6/c1-7-2-8(19)3-10(15(22)27)14(7)24-17(28)12-5-13(18)25-26(12)16-11(21)4-9(20)6-23-16;1-2/h2-6H,1H3,(H2,22,27)(H,24,28);1-2H3. The number of halogens is 4. The van der Waals surface area contributed by atoms with Crippen molar-refractivity contribution >= 4 is 56.6 Å². The number of pyridine rings is 1. The summed E-state index contributed by atoms with van der Waals surface area (Å²) in [4.78, 5) is 28.5. The highest BCUT2D eigenvalue weighted by Gasteiger charge is 2.22. The van der Waals surface area contributed by atoms with Crippen molar-refractivity contribution in [2.24, 2.45) is 5.73 Å². The van der Waals surface area contributed by atoms with Crippen LogP contribution < -0.4 is 11.1 Å². The van der Waals surface area contributed by atoms with Gasteiger partial charge >= 0.3 is 0 Å². The molecule has 0 aliphatic rings. The molecule has 3 rings (SSSR count). The van der Waals surface area contributed by atoms with Crippen molar-refractivity contribution < 1.29 is 14.0 Å². The smallest absolute Gasteiger partial charge is 0.274 e. The number of carbonyl (C=O) groups is 2. The van der Waals surface area contributed by atoms with Crippen molar-refractivity contribution in [1.82, 2.24) is 14.8 Å². The number of nitrogens with zero attached hydrogens (tertiary/aromatic N) is 3. The van der Waals surface area contributed by atoms with Gasteiger partial charge in [0.25, 0.3) is 11.8 Å². The summed E-state index contributed by atoms with van der Waals surface area (Å²) in [5, 5.41) is 7.04. The van der Waals surface area contributed by atoms with Crippen molar-refractivity contribution in [3.8, 4) is 5.82 Å². The molecule has 3 aromatic rings. The first kappa shape index (κ1) is 23.8. The molecule has 0 unspecified atom stereocenters. The molecular weight excluding hydrogens is 500 g/mol. The third kappa shape index (κ3) is 5.16. The number of amides is 2. The number of nitrogens with two attached hydrogens (primary N) is 1. The predicted molar refractivity (Wildman–Crippen MR) is 118 cm³/mol. The van der Waals surface area contributed by atoms with E-state index in [-0.39, 0.29) is 32.4 Å². The molecule has 0 radical (unpaired) electrons. The Balaban J connectivity index is 0.00000155. The van der Waals surface area contributed by atoms with Gasteiger partial charge in [0.05, 0.1) is 16.3 Å². The monoisotopic (exact) mass is 515 g/mol. The van der Waals surface area contributed by atoms with Crippen LogP contribution in [0.15, 0.2) is 35.1 Å². The van der Waals surface area contributed by atoms with Crippen LogP contribution in [-0.2, 0) is 0 Å². The van der Waals surface area contributed by atoms with Gasteiger partial charge in [0.2, 0.25) is 0 Å². The summed E-state index contributed by atoms with van der Waals surface area (Å²) in [6.07, 6.45) is 1.23. The number of anilines is 1. The van der Waals surface area contributed by atoms with E-state index in [1.165, 1.54) is 18.3 Å². The molecule has 0 aliphatic carbocycles. The Bertz CT molecular complexity index is 1120. The van der Waals surface area contributed by atoms with E-state index in [0.717, 1.165) is 10.7 Å². The first-order chi connectivity index (χ1) is 14.2. The summed E-state index contributed by atoms with van der Waals surface area (Å²) in [6.45, 7) is 5.65. The van der Waals surface area contributed by atoms with Gasteiger partial charge in [-0.3, -0.25) is 9.59 Å². The average molecular weight is 517 g/mol. The van der Waals surface area contributed by atoms with Gasteiger partial charge < -0.3 is 11.1 Å². The second-order valence-electron chi connectivity index (χ2n) is 5.69.